The molecule has 5 heteroatoms. The molecule has 4 aliphatic carbocycles. The average molecular weight is 376 g/mol. The second kappa shape index (κ2) is 5.38. The van der Waals surface area contributed by atoms with Crippen molar-refractivity contribution in [3.05, 3.63) is 23.8 Å². The van der Waals surface area contributed by atoms with Gasteiger partial charge in [0.15, 0.2) is 17.2 Å². The Morgan fingerprint density at radius 3 is 2.59 bits per heavy atom. The number of aliphatic hydroxyl groups is 2. The molecular weight excluding hydrogens is 347 g/mol. The number of Topliss-reactive ketones (excluding diaryl/α,β-unsaturated/α-hetero) is 1. The minimum atomic E-state index is -1.92. The number of carbonyl (C=O) groups excluding carboxylic acids is 2. The van der Waals surface area contributed by atoms with Crippen molar-refractivity contribution in [3.63, 3.8) is 0 Å². The van der Waals surface area contributed by atoms with Crippen LogP contribution in [0.5, 0.6) is 0 Å². The summed E-state index contributed by atoms with van der Waals surface area (Å²) in [5.74, 6) is -1.39. The van der Waals surface area contributed by atoms with Gasteiger partial charge in [0.2, 0.25) is 0 Å². The normalized spacial score (nSPS) is 54.0. The first kappa shape index (κ1) is 19.0. The third-order valence-electron chi connectivity index (χ3n) is 8.76. The highest BCUT2D eigenvalue weighted by molar-refractivity contribution is 6.01. The first-order valence-electron chi connectivity index (χ1n) is 9.97. The lowest BCUT2D eigenvalue weighted by Crippen LogP contribution is -2.69. The van der Waals surface area contributed by atoms with Crippen molar-refractivity contribution in [1.29, 1.82) is 0 Å². The van der Waals surface area contributed by atoms with Crippen LogP contribution in [0.3, 0.4) is 0 Å². The van der Waals surface area contributed by atoms with E-state index in [0.717, 1.165) is 5.57 Å². The second-order valence-electron chi connectivity index (χ2n) is 9.72. The molecule has 0 aromatic rings. The third kappa shape index (κ3) is 1.95. The lowest BCUT2D eigenvalue weighted by Gasteiger charge is -2.62. The Morgan fingerprint density at radius 2 is 1.96 bits per heavy atom. The van der Waals surface area contributed by atoms with Crippen molar-refractivity contribution >= 4 is 11.6 Å². The van der Waals surface area contributed by atoms with Gasteiger partial charge in [0, 0.05) is 16.7 Å². The van der Waals surface area contributed by atoms with Crippen LogP contribution in [0.1, 0.15) is 53.4 Å². The number of carbonyl (C=O) groups is 2. The third-order valence-corrected chi connectivity index (χ3v) is 8.76. The van der Waals surface area contributed by atoms with E-state index < -0.39 is 34.1 Å². The lowest BCUT2D eigenvalue weighted by atomic mass is 9.44. The van der Waals surface area contributed by atoms with Crippen molar-refractivity contribution in [1.82, 2.24) is 0 Å². The largest absolute Gasteiger partial charge is 0.390 e. The molecule has 27 heavy (non-hydrogen) atoms. The van der Waals surface area contributed by atoms with Crippen molar-refractivity contribution in [2.24, 2.45) is 28.6 Å². The monoisotopic (exact) mass is 376 g/mol. The minimum absolute atomic E-state index is 0.0374. The predicted molar refractivity (Wildman–Crippen MR) is 98.5 cm³/mol. The van der Waals surface area contributed by atoms with Gasteiger partial charge in [0.25, 0.3) is 0 Å². The summed E-state index contributed by atoms with van der Waals surface area (Å²) < 4.78 is 16.8. The maximum Gasteiger partial charge on any atom is 0.178 e. The molecule has 8 atom stereocenters. The number of aliphatic hydroxyl groups excluding tert-OH is 1. The zero-order chi connectivity index (χ0) is 20.0. The summed E-state index contributed by atoms with van der Waals surface area (Å²) in [4.78, 5) is 24.3. The Kier molecular flexibility index (Phi) is 3.79. The number of hydrogen-bond acceptors (Lipinski definition) is 4. The molecule has 3 fully saturated rings. The molecule has 3 saturated carbocycles. The number of ketones is 2. The molecule has 0 amide bonds. The Labute approximate surface area is 159 Å². The first-order valence-corrected chi connectivity index (χ1v) is 9.97. The number of fused-ring (bicyclic) bond motifs is 5. The van der Waals surface area contributed by atoms with Gasteiger partial charge in [-0.2, -0.15) is 0 Å². The first-order chi connectivity index (χ1) is 12.4. The second-order valence-corrected chi connectivity index (χ2v) is 9.72. The van der Waals surface area contributed by atoms with E-state index in [1.165, 1.54) is 19.1 Å². The van der Waals surface area contributed by atoms with Gasteiger partial charge in [-0.25, -0.2) is 4.39 Å². The summed E-state index contributed by atoms with van der Waals surface area (Å²) in [7, 11) is 0. The fourth-order valence-electron chi connectivity index (χ4n) is 7.30. The van der Waals surface area contributed by atoms with Crippen LogP contribution in [0.15, 0.2) is 23.8 Å². The van der Waals surface area contributed by atoms with Gasteiger partial charge >= 0.3 is 0 Å². The molecule has 3 unspecified atom stereocenters. The number of halogens is 1. The van der Waals surface area contributed by atoms with Crippen molar-refractivity contribution in [3.8, 4) is 0 Å². The van der Waals surface area contributed by atoms with E-state index in [2.05, 4.69) is 0 Å². The van der Waals surface area contributed by atoms with E-state index in [1.54, 1.807) is 13.0 Å². The molecular formula is C22H29FO4. The van der Waals surface area contributed by atoms with Crippen LogP contribution < -0.4 is 0 Å². The van der Waals surface area contributed by atoms with E-state index >= 15 is 4.39 Å². The standard InChI is InChI=1S/C22H29FO4/c1-12-9-17-16-6-5-14-10-15(25)7-8-19(14,3)21(16,23)18(26)11-20(17,4)22(12,27)13(2)24/h7-8,10,12,16-18,26-27H,5-6,9,11H2,1-4H3/t12-,16?,17+,18+,19?,20?,21+,22+/m1/s1. The number of hydrogen-bond donors (Lipinski definition) is 2. The summed E-state index contributed by atoms with van der Waals surface area (Å²) in [5, 5.41) is 22.5. The smallest absolute Gasteiger partial charge is 0.178 e. The topological polar surface area (TPSA) is 74.6 Å². The summed E-state index contributed by atoms with van der Waals surface area (Å²) in [6.45, 7) is 6.87. The van der Waals surface area contributed by atoms with E-state index in [0.29, 0.717) is 19.3 Å². The molecule has 0 aliphatic heterocycles. The van der Waals surface area contributed by atoms with Crippen molar-refractivity contribution in [2.75, 3.05) is 0 Å². The van der Waals surface area contributed by atoms with Crippen LogP contribution >= 0.6 is 0 Å². The molecule has 0 heterocycles. The zero-order valence-electron chi connectivity index (χ0n) is 16.5. The molecule has 0 bridgehead atoms. The highest BCUT2D eigenvalue weighted by Crippen LogP contribution is 2.70. The molecule has 4 rings (SSSR count). The summed E-state index contributed by atoms with van der Waals surface area (Å²) in [6, 6.07) is 0. The molecule has 0 aromatic carbocycles. The fourth-order valence-corrected chi connectivity index (χ4v) is 7.30. The zero-order valence-corrected chi connectivity index (χ0v) is 16.5. The van der Waals surface area contributed by atoms with Crippen molar-refractivity contribution < 1.29 is 24.2 Å². The molecule has 0 radical (unpaired) electrons. The number of rotatable bonds is 1. The van der Waals surface area contributed by atoms with Crippen LogP contribution in [0.4, 0.5) is 4.39 Å². The van der Waals surface area contributed by atoms with Gasteiger partial charge < -0.3 is 10.2 Å². The van der Waals surface area contributed by atoms with Crippen LogP contribution in [0.2, 0.25) is 0 Å². The van der Waals surface area contributed by atoms with Crippen LogP contribution in [-0.2, 0) is 9.59 Å². The minimum Gasteiger partial charge on any atom is -0.390 e. The van der Waals surface area contributed by atoms with Gasteiger partial charge in [0.1, 0.15) is 5.60 Å². The maximum absolute atomic E-state index is 16.8. The molecule has 4 nitrogen and oxygen atoms in total. The maximum atomic E-state index is 16.8. The highest BCUT2D eigenvalue weighted by atomic mass is 19.1. The Morgan fingerprint density at radius 1 is 1.30 bits per heavy atom. The number of alkyl halides is 1. The molecule has 148 valence electrons. The van der Waals surface area contributed by atoms with Gasteiger partial charge in [-0.15, -0.1) is 0 Å². The predicted octanol–water partition coefficient (Wildman–Crippen LogP) is 2.92. The van der Waals surface area contributed by atoms with Crippen LogP contribution in [0, 0.1) is 28.6 Å². The average Bonchev–Trinajstić information content (AvgIpc) is 2.79. The molecule has 2 N–H and O–H groups in total. The summed E-state index contributed by atoms with van der Waals surface area (Å²) in [6.07, 6.45) is 4.93. The van der Waals surface area contributed by atoms with Crippen molar-refractivity contribution in [2.45, 2.75) is 70.8 Å². The number of allylic oxidation sites excluding steroid dienone is 4. The van der Waals surface area contributed by atoms with E-state index in [-0.39, 0.29) is 29.8 Å². The lowest BCUT2D eigenvalue weighted by molar-refractivity contribution is -0.218. The summed E-state index contributed by atoms with van der Waals surface area (Å²) >= 11 is 0. The Hall–Kier alpha value is -1.33. The Balaban J connectivity index is 1.85. The summed E-state index contributed by atoms with van der Waals surface area (Å²) in [5.41, 5.74) is -4.62. The quantitative estimate of drug-likeness (QED) is 0.738. The van der Waals surface area contributed by atoms with Gasteiger partial charge in [0.05, 0.1) is 6.10 Å². The fraction of sp³-hybridized carbons (Fsp3) is 0.727. The Bertz CT molecular complexity index is 787. The molecule has 0 aromatic heterocycles. The molecule has 0 spiro atoms. The van der Waals surface area contributed by atoms with Gasteiger partial charge in [-0.05, 0) is 63.5 Å². The molecule has 4 aliphatic rings. The van der Waals surface area contributed by atoms with Gasteiger partial charge in [-0.3, -0.25) is 9.59 Å². The van der Waals surface area contributed by atoms with E-state index in [1.807, 2.05) is 13.8 Å². The highest BCUT2D eigenvalue weighted by Gasteiger charge is 2.75. The molecule has 0 saturated heterocycles. The van der Waals surface area contributed by atoms with Gasteiger partial charge in [-0.1, -0.05) is 25.5 Å². The van der Waals surface area contributed by atoms with E-state index in [9.17, 15) is 19.8 Å². The van der Waals surface area contributed by atoms with E-state index in [4.69, 9.17) is 0 Å². The SMILES string of the molecule is CC(=O)[C@@]1(O)[C@H](C)C[C@H]2C3CCC4=CC(=O)C=CC4(C)[C@@]3(F)[C@@H](O)CC21C. The van der Waals surface area contributed by atoms with Crippen LogP contribution in [-0.4, -0.2) is 39.2 Å². The van der Waals surface area contributed by atoms with Crippen LogP contribution in [0.25, 0.3) is 0 Å².